The van der Waals surface area contributed by atoms with E-state index in [2.05, 4.69) is 4.72 Å². The molecule has 0 radical (unpaired) electrons. The maximum atomic E-state index is 12.2. The number of aromatic nitrogens is 1. The number of anilines is 1. The van der Waals surface area contributed by atoms with Gasteiger partial charge in [-0.2, -0.15) is 0 Å². The van der Waals surface area contributed by atoms with Gasteiger partial charge >= 0.3 is 0 Å². The Morgan fingerprint density at radius 3 is 2.57 bits per heavy atom. The third-order valence-corrected chi connectivity index (χ3v) is 4.62. The van der Waals surface area contributed by atoms with E-state index in [1.165, 1.54) is 0 Å². The molecular weight excluding hydrogens is 284 g/mol. The van der Waals surface area contributed by atoms with E-state index >= 15 is 0 Å². The lowest BCUT2D eigenvalue weighted by Gasteiger charge is -2.08. The summed E-state index contributed by atoms with van der Waals surface area (Å²) in [7, 11) is -1.45. The first-order chi connectivity index (χ1) is 10.0. The highest BCUT2D eigenvalue weighted by Gasteiger charge is 2.12. The molecular formula is C16H16N2O2S. The standard InChI is InChI=1S/C16H16N2O2S/c1-18-10-9-14-11-15(7-8-16(14)18)17-21(19,20)12-13-5-3-2-4-6-13/h2-11,17H,12H2,1H3. The van der Waals surface area contributed by atoms with Crippen molar-refractivity contribution in [3.8, 4) is 0 Å². The number of nitrogens with one attached hydrogen (secondary N) is 1. The van der Waals surface area contributed by atoms with Gasteiger partial charge in [-0.25, -0.2) is 8.42 Å². The number of benzene rings is 2. The zero-order chi connectivity index (χ0) is 14.9. The summed E-state index contributed by atoms with van der Waals surface area (Å²) in [6.45, 7) is 0. The van der Waals surface area contributed by atoms with E-state index in [0.29, 0.717) is 5.69 Å². The van der Waals surface area contributed by atoms with Gasteiger partial charge in [0.25, 0.3) is 0 Å². The number of nitrogens with zero attached hydrogens (tertiary/aromatic N) is 1. The Labute approximate surface area is 124 Å². The molecule has 1 heterocycles. The fraction of sp³-hybridized carbons (Fsp3) is 0.125. The molecule has 0 amide bonds. The smallest absolute Gasteiger partial charge is 0.236 e. The topological polar surface area (TPSA) is 51.1 Å². The minimum Gasteiger partial charge on any atom is -0.351 e. The summed E-state index contributed by atoms with van der Waals surface area (Å²) in [5.41, 5.74) is 2.43. The fourth-order valence-corrected chi connectivity index (χ4v) is 3.54. The molecule has 108 valence electrons. The van der Waals surface area contributed by atoms with Gasteiger partial charge in [0.05, 0.1) is 5.75 Å². The zero-order valence-electron chi connectivity index (χ0n) is 11.7. The predicted molar refractivity (Wildman–Crippen MR) is 85.6 cm³/mol. The lowest BCUT2D eigenvalue weighted by Crippen LogP contribution is -2.14. The Kier molecular flexibility index (Phi) is 3.43. The van der Waals surface area contributed by atoms with E-state index in [1.54, 1.807) is 18.2 Å². The van der Waals surface area contributed by atoms with Crippen LogP contribution in [0.5, 0.6) is 0 Å². The van der Waals surface area contributed by atoms with Gasteiger partial charge in [-0.3, -0.25) is 4.72 Å². The predicted octanol–water partition coefficient (Wildman–Crippen LogP) is 3.12. The molecule has 0 spiro atoms. The second-order valence-electron chi connectivity index (χ2n) is 5.05. The summed E-state index contributed by atoms with van der Waals surface area (Å²) in [5, 5.41) is 1.01. The second-order valence-corrected chi connectivity index (χ2v) is 6.77. The summed E-state index contributed by atoms with van der Waals surface area (Å²) in [6, 6.07) is 16.6. The van der Waals surface area contributed by atoms with Gasteiger partial charge in [0.2, 0.25) is 10.0 Å². The van der Waals surface area contributed by atoms with Gasteiger partial charge in [0.15, 0.2) is 0 Å². The second kappa shape index (κ2) is 5.26. The van der Waals surface area contributed by atoms with Gasteiger partial charge in [-0.1, -0.05) is 30.3 Å². The molecule has 0 atom stereocenters. The van der Waals surface area contributed by atoms with Crippen LogP contribution in [0.25, 0.3) is 10.9 Å². The van der Waals surface area contributed by atoms with Crippen molar-refractivity contribution in [2.75, 3.05) is 4.72 Å². The molecule has 1 N–H and O–H groups in total. The lowest BCUT2D eigenvalue weighted by molar-refractivity contribution is 0.600. The SMILES string of the molecule is Cn1ccc2cc(NS(=O)(=O)Cc3ccccc3)ccc21. The third-order valence-electron chi connectivity index (χ3n) is 3.36. The van der Waals surface area contributed by atoms with Crippen LogP contribution in [-0.2, 0) is 22.8 Å². The highest BCUT2D eigenvalue weighted by Crippen LogP contribution is 2.21. The molecule has 4 nitrogen and oxygen atoms in total. The lowest BCUT2D eigenvalue weighted by atomic mass is 10.2. The van der Waals surface area contributed by atoms with Crippen molar-refractivity contribution >= 4 is 26.6 Å². The van der Waals surface area contributed by atoms with Crippen LogP contribution >= 0.6 is 0 Å². The van der Waals surface area contributed by atoms with Crippen LogP contribution in [0.2, 0.25) is 0 Å². The van der Waals surface area contributed by atoms with Crippen LogP contribution in [0.3, 0.4) is 0 Å². The van der Waals surface area contributed by atoms with Gasteiger partial charge in [-0.05, 0) is 29.8 Å². The molecule has 0 aliphatic carbocycles. The maximum Gasteiger partial charge on any atom is 0.236 e. The fourth-order valence-electron chi connectivity index (χ4n) is 2.35. The van der Waals surface area contributed by atoms with Gasteiger partial charge < -0.3 is 4.57 Å². The molecule has 0 aliphatic heterocycles. The average Bonchev–Trinajstić information content (AvgIpc) is 2.80. The third kappa shape index (κ3) is 3.08. The Hall–Kier alpha value is -2.27. The first-order valence-electron chi connectivity index (χ1n) is 6.63. The normalized spacial score (nSPS) is 11.7. The summed E-state index contributed by atoms with van der Waals surface area (Å²) in [4.78, 5) is 0. The largest absolute Gasteiger partial charge is 0.351 e. The molecule has 0 fully saturated rings. The number of fused-ring (bicyclic) bond motifs is 1. The summed E-state index contributed by atoms with van der Waals surface area (Å²) in [6.07, 6.45) is 1.95. The highest BCUT2D eigenvalue weighted by atomic mass is 32.2. The van der Waals surface area contributed by atoms with Crippen LogP contribution in [0.4, 0.5) is 5.69 Å². The first kappa shape index (κ1) is 13.7. The molecule has 0 unspecified atom stereocenters. The molecule has 0 saturated carbocycles. The van der Waals surface area contributed by atoms with Crippen molar-refractivity contribution in [1.29, 1.82) is 0 Å². The van der Waals surface area contributed by atoms with Crippen molar-refractivity contribution in [3.63, 3.8) is 0 Å². The van der Waals surface area contributed by atoms with Crippen molar-refractivity contribution < 1.29 is 8.42 Å². The molecule has 2 aromatic carbocycles. The Bertz CT molecular complexity index is 868. The number of aryl methyl sites for hydroxylation is 1. The highest BCUT2D eigenvalue weighted by molar-refractivity contribution is 7.91. The number of rotatable bonds is 4. The molecule has 0 aliphatic rings. The molecule has 3 rings (SSSR count). The molecule has 0 saturated heterocycles. The van der Waals surface area contributed by atoms with E-state index in [-0.39, 0.29) is 5.75 Å². The maximum absolute atomic E-state index is 12.2. The van der Waals surface area contributed by atoms with Crippen LogP contribution in [-0.4, -0.2) is 13.0 Å². The minimum absolute atomic E-state index is 0.0271. The van der Waals surface area contributed by atoms with Crippen molar-refractivity contribution in [3.05, 3.63) is 66.4 Å². The summed E-state index contributed by atoms with van der Waals surface area (Å²) < 4.78 is 29.0. The number of hydrogen-bond acceptors (Lipinski definition) is 2. The van der Waals surface area contributed by atoms with Crippen LogP contribution in [0, 0.1) is 0 Å². The summed E-state index contributed by atoms with van der Waals surface area (Å²) in [5.74, 6) is -0.0271. The van der Waals surface area contributed by atoms with E-state index in [1.807, 2.05) is 54.2 Å². The Morgan fingerprint density at radius 2 is 1.81 bits per heavy atom. The number of sulfonamides is 1. The van der Waals surface area contributed by atoms with Gasteiger partial charge in [-0.15, -0.1) is 0 Å². The molecule has 5 heteroatoms. The van der Waals surface area contributed by atoms with Gasteiger partial charge in [0, 0.05) is 29.8 Å². The van der Waals surface area contributed by atoms with Crippen LogP contribution in [0.1, 0.15) is 5.56 Å². The van der Waals surface area contributed by atoms with Crippen LogP contribution in [0.15, 0.2) is 60.8 Å². The molecule has 0 bridgehead atoms. The average molecular weight is 300 g/mol. The van der Waals surface area contributed by atoms with Crippen molar-refractivity contribution in [2.24, 2.45) is 7.05 Å². The zero-order valence-corrected chi connectivity index (χ0v) is 12.5. The minimum atomic E-state index is -3.41. The number of hydrogen-bond donors (Lipinski definition) is 1. The molecule has 1 aromatic heterocycles. The first-order valence-corrected chi connectivity index (χ1v) is 8.28. The quantitative estimate of drug-likeness (QED) is 0.805. The van der Waals surface area contributed by atoms with Crippen molar-refractivity contribution in [1.82, 2.24) is 4.57 Å². The van der Waals surface area contributed by atoms with Crippen molar-refractivity contribution in [2.45, 2.75) is 5.75 Å². The van der Waals surface area contributed by atoms with E-state index in [4.69, 9.17) is 0 Å². The molecule has 3 aromatic rings. The van der Waals surface area contributed by atoms with Gasteiger partial charge in [0.1, 0.15) is 0 Å². The van der Waals surface area contributed by atoms with E-state index in [0.717, 1.165) is 16.5 Å². The van der Waals surface area contributed by atoms with E-state index < -0.39 is 10.0 Å². The molecule has 21 heavy (non-hydrogen) atoms. The van der Waals surface area contributed by atoms with Crippen LogP contribution < -0.4 is 4.72 Å². The Morgan fingerprint density at radius 1 is 1.05 bits per heavy atom. The monoisotopic (exact) mass is 300 g/mol. The summed E-state index contributed by atoms with van der Waals surface area (Å²) >= 11 is 0. The Balaban J connectivity index is 1.83. The van der Waals surface area contributed by atoms with E-state index in [9.17, 15) is 8.42 Å².